The van der Waals surface area contributed by atoms with Crippen LogP contribution in [0.2, 0.25) is 0 Å². The molecule has 0 spiro atoms. The van der Waals surface area contributed by atoms with E-state index < -0.39 is 0 Å². The van der Waals surface area contributed by atoms with Crippen molar-refractivity contribution >= 4 is 21.6 Å². The number of non-ortho nitro benzene ring substituents is 1. The fourth-order valence-electron chi connectivity index (χ4n) is 2.23. The predicted octanol–water partition coefficient (Wildman–Crippen LogP) is 2.87. The minimum Gasteiger partial charge on any atom is -0.381 e. The number of hydrogen-bond acceptors (Lipinski definition) is 4. The summed E-state index contributed by atoms with van der Waals surface area (Å²) in [4.78, 5) is 10.4. The van der Waals surface area contributed by atoms with Crippen molar-refractivity contribution in [3.05, 3.63) is 38.3 Å². The third kappa shape index (κ3) is 4.56. The molecule has 1 aromatic carbocycles. The van der Waals surface area contributed by atoms with Gasteiger partial charge in [-0.3, -0.25) is 10.1 Å². The molecule has 0 aromatic heterocycles. The van der Waals surface area contributed by atoms with Crippen molar-refractivity contribution < 1.29 is 9.66 Å². The van der Waals surface area contributed by atoms with Crippen LogP contribution in [0.4, 0.5) is 5.69 Å². The van der Waals surface area contributed by atoms with E-state index in [1.54, 1.807) is 6.07 Å². The standard InChI is InChI=1S/C13H17BrN2O3/c14-12-4-11(5-13(6-12)16(17)18)8-15-7-10-2-1-3-19-9-10/h4-6,10,15H,1-3,7-9H2. The lowest BCUT2D eigenvalue weighted by Gasteiger charge is -2.22. The Kier molecular flexibility index (Phi) is 5.30. The molecule has 1 aliphatic rings. The highest BCUT2D eigenvalue weighted by atomic mass is 79.9. The second kappa shape index (κ2) is 6.98. The number of nitrogens with zero attached hydrogens (tertiary/aromatic N) is 1. The maximum Gasteiger partial charge on any atom is 0.270 e. The van der Waals surface area contributed by atoms with E-state index >= 15 is 0 Å². The smallest absolute Gasteiger partial charge is 0.270 e. The SMILES string of the molecule is O=[N+]([O-])c1cc(Br)cc(CNCC2CCCOC2)c1. The molecule has 1 fully saturated rings. The van der Waals surface area contributed by atoms with Crippen molar-refractivity contribution in [1.82, 2.24) is 5.32 Å². The molecule has 0 bridgehead atoms. The molecule has 1 atom stereocenters. The molecule has 2 rings (SSSR count). The summed E-state index contributed by atoms with van der Waals surface area (Å²) in [5.74, 6) is 0.552. The molecule has 1 saturated heterocycles. The molecule has 1 heterocycles. The largest absolute Gasteiger partial charge is 0.381 e. The monoisotopic (exact) mass is 328 g/mol. The zero-order chi connectivity index (χ0) is 13.7. The van der Waals surface area contributed by atoms with Gasteiger partial charge < -0.3 is 10.1 Å². The first kappa shape index (κ1) is 14.4. The molecule has 0 aliphatic carbocycles. The third-order valence-corrected chi connectivity index (χ3v) is 3.63. The van der Waals surface area contributed by atoms with Crippen LogP contribution in [0.25, 0.3) is 0 Å². The van der Waals surface area contributed by atoms with Crippen LogP contribution in [0.5, 0.6) is 0 Å². The second-order valence-electron chi connectivity index (χ2n) is 4.79. The van der Waals surface area contributed by atoms with E-state index in [2.05, 4.69) is 21.2 Å². The Hall–Kier alpha value is -0.980. The van der Waals surface area contributed by atoms with Crippen molar-refractivity contribution in [3.8, 4) is 0 Å². The van der Waals surface area contributed by atoms with Crippen molar-refractivity contribution in [1.29, 1.82) is 0 Å². The lowest BCUT2D eigenvalue weighted by molar-refractivity contribution is -0.385. The summed E-state index contributed by atoms with van der Waals surface area (Å²) in [6, 6.07) is 5.02. The lowest BCUT2D eigenvalue weighted by atomic mass is 10.0. The summed E-state index contributed by atoms with van der Waals surface area (Å²) in [5.41, 5.74) is 1.03. The molecule has 0 saturated carbocycles. The quantitative estimate of drug-likeness (QED) is 0.666. The number of rotatable bonds is 5. The van der Waals surface area contributed by atoms with E-state index in [1.165, 1.54) is 12.5 Å². The van der Waals surface area contributed by atoms with Crippen molar-refractivity contribution in [2.24, 2.45) is 5.92 Å². The Balaban J connectivity index is 1.86. The Labute approximate surface area is 120 Å². The Bertz CT molecular complexity index is 448. The summed E-state index contributed by atoms with van der Waals surface area (Å²) < 4.78 is 6.15. The minimum atomic E-state index is -0.372. The van der Waals surface area contributed by atoms with Crippen LogP contribution in [0.3, 0.4) is 0 Å². The van der Waals surface area contributed by atoms with Gasteiger partial charge in [0, 0.05) is 36.3 Å². The molecule has 1 aliphatic heterocycles. The van der Waals surface area contributed by atoms with Crippen LogP contribution in [-0.2, 0) is 11.3 Å². The van der Waals surface area contributed by atoms with Crippen LogP contribution >= 0.6 is 15.9 Å². The molecule has 5 nitrogen and oxygen atoms in total. The molecular formula is C13H17BrN2O3. The van der Waals surface area contributed by atoms with E-state index in [1.807, 2.05) is 6.07 Å². The van der Waals surface area contributed by atoms with Gasteiger partial charge in [0.2, 0.25) is 0 Å². The number of halogens is 1. The van der Waals surface area contributed by atoms with Gasteiger partial charge in [0.05, 0.1) is 11.5 Å². The summed E-state index contributed by atoms with van der Waals surface area (Å²) in [5, 5.41) is 14.1. The normalized spacial score (nSPS) is 19.3. The van der Waals surface area contributed by atoms with Gasteiger partial charge in [0.1, 0.15) is 0 Å². The van der Waals surface area contributed by atoms with Gasteiger partial charge in [-0.1, -0.05) is 15.9 Å². The fourth-order valence-corrected chi connectivity index (χ4v) is 2.76. The van der Waals surface area contributed by atoms with Crippen LogP contribution in [-0.4, -0.2) is 24.7 Å². The van der Waals surface area contributed by atoms with E-state index in [0.717, 1.165) is 36.2 Å². The highest BCUT2D eigenvalue weighted by molar-refractivity contribution is 9.10. The van der Waals surface area contributed by atoms with Crippen molar-refractivity contribution in [2.45, 2.75) is 19.4 Å². The van der Waals surface area contributed by atoms with Gasteiger partial charge in [-0.2, -0.15) is 0 Å². The maximum absolute atomic E-state index is 10.8. The van der Waals surface area contributed by atoms with Gasteiger partial charge in [0.25, 0.3) is 5.69 Å². The molecule has 6 heteroatoms. The zero-order valence-electron chi connectivity index (χ0n) is 10.6. The Morgan fingerprint density at radius 1 is 1.47 bits per heavy atom. The molecule has 0 radical (unpaired) electrons. The molecule has 1 unspecified atom stereocenters. The Morgan fingerprint density at radius 2 is 2.32 bits per heavy atom. The summed E-state index contributed by atoms with van der Waals surface area (Å²) >= 11 is 3.30. The number of nitro benzene ring substituents is 1. The first-order valence-corrected chi connectivity index (χ1v) is 7.17. The highest BCUT2D eigenvalue weighted by Gasteiger charge is 2.13. The van der Waals surface area contributed by atoms with Crippen molar-refractivity contribution in [3.63, 3.8) is 0 Å². The van der Waals surface area contributed by atoms with Gasteiger partial charge in [0.15, 0.2) is 0 Å². The van der Waals surface area contributed by atoms with Crippen LogP contribution in [0, 0.1) is 16.0 Å². The van der Waals surface area contributed by atoms with Crippen LogP contribution in [0.15, 0.2) is 22.7 Å². The van der Waals surface area contributed by atoms with Crippen LogP contribution in [0.1, 0.15) is 18.4 Å². The second-order valence-corrected chi connectivity index (χ2v) is 5.70. The first-order valence-electron chi connectivity index (χ1n) is 6.37. The fraction of sp³-hybridized carbons (Fsp3) is 0.538. The van der Waals surface area contributed by atoms with E-state index in [4.69, 9.17) is 4.74 Å². The molecule has 19 heavy (non-hydrogen) atoms. The molecule has 1 aromatic rings. The van der Waals surface area contributed by atoms with Gasteiger partial charge in [-0.15, -0.1) is 0 Å². The average Bonchev–Trinajstić information content (AvgIpc) is 2.39. The molecular weight excluding hydrogens is 312 g/mol. The minimum absolute atomic E-state index is 0.118. The summed E-state index contributed by atoms with van der Waals surface area (Å²) in [6.07, 6.45) is 2.31. The van der Waals surface area contributed by atoms with Crippen molar-refractivity contribution in [2.75, 3.05) is 19.8 Å². The predicted molar refractivity (Wildman–Crippen MR) is 76.0 cm³/mol. The van der Waals surface area contributed by atoms with Gasteiger partial charge >= 0.3 is 0 Å². The maximum atomic E-state index is 10.8. The topological polar surface area (TPSA) is 64.4 Å². The molecule has 104 valence electrons. The van der Waals surface area contributed by atoms with E-state index in [-0.39, 0.29) is 10.6 Å². The number of benzene rings is 1. The highest BCUT2D eigenvalue weighted by Crippen LogP contribution is 2.21. The van der Waals surface area contributed by atoms with Gasteiger partial charge in [-0.05, 0) is 30.4 Å². The third-order valence-electron chi connectivity index (χ3n) is 3.17. The first-order chi connectivity index (χ1) is 9.15. The summed E-state index contributed by atoms with van der Waals surface area (Å²) in [6.45, 7) is 3.21. The molecule has 0 amide bonds. The number of hydrogen-bond donors (Lipinski definition) is 1. The van der Waals surface area contributed by atoms with E-state index in [9.17, 15) is 10.1 Å². The number of ether oxygens (including phenoxy) is 1. The van der Waals surface area contributed by atoms with Gasteiger partial charge in [-0.25, -0.2) is 0 Å². The Morgan fingerprint density at radius 3 is 3.00 bits per heavy atom. The lowest BCUT2D eigenvalue weighted by Crippen LogP contribution is -2.28. The summed E-state index contributed by atoms with van der Waals surface area (Å²) in [7, 11) is 0. The van der Waals surface area contributed by atoms with Crippen LogP contribution < -0.4 is 5.32 Å². The number of nitro groups is 1. The molecule has 1 N–H and O–H groups in total. The van der Waals surface area contributed by atoms with E-state index in [0.29, 0.717) is 12.5 Å². The zero-order valence-corrected chi connectivity index (χ0v) is 12.2. The average molecular weight is 329 g/mol. The number of nitrogens with one attached hydrogen (secondary N) is 1.